The molecular formula is C16H14BrClO3. The Bertz CT molecular complexity index is 671. The van der Waals surface area contributed by atoms with Crippen LogP contribution in [-0.4, -0.2) is 12.6 Å². The number of carbonyl (C=O) groups excluding carboxylic acids is 1. The summed E-state index contributed by atoms with van der Waals surface area (Å²) in [6.07, 6.45) is 0. The van der Waals surface area contributed by atoms with E-state index in [1.807, 2.05) is 19.9 Å². The molecule has 0 N–H and O–H groups in total. The van der Waals surface area contributed by atoms with Gasteiger partial charge in [0.1, 0.15) is 11.5 Å². The second-order valence-electron chi connectivity index (χ2n) is 4.58. The number of benzene rings is 2. The van der Waals surface area contributed by atoms with E-state index in [-0.39, 0.29) is 6.61 Å². The highest BCUT2D eigenvalue weighted by Crippen LogP contribution is 2.22. The molecule has 0 radical (unpaired) electrons. The summed E-state index contributed by atoms with van der Waals surface area (Å²) in [4.78, 5) is 11.7. The smallest absolute Gasteiger partial charge is 0.349 e. The minimum Gasteiger partial charge on any atom is -0.482 e. The molecule has 0 aliphatic heterocycles. The lowest BCUT2D eigenvalue weighted by molar-refractivity contribution is -0.136. The summed E-state index contributed by atoms with van der Waals surface area (Å²) in [5, 5.41) is 0.662. The molecule has 5 heteroatoms. The van der Waals surface area contributed by atoms with Crippen molar-refractivity contribution in [3.63, 3.8) is 0 Å². The third-order valence-electron chi connectivity index (χ3n) is 2.85. The molecule has 0 unspecified atom stereocenters. The molecule has 0 heterocycles. The predicted molar refractivity (Wildman–Crippen MR) is 86.2 cm³/mol. The zero-order chi connectivity index (χ0) is 15.4. The molecule has 0 bridgehead atoms. The summed E-state index contributed by atoms with van der Waals surface area (Å²) in [6.45, 7) is 3.64. The minimum atomic E-state index is -0.454. The van der Waals surface area contributed by atoms with Crippen molar-refractivity contribution >= 4 is 33.5 Å². The van der Waals surface area contributed by atoms with Crippen LogP contribution in [-0.2, 0) is 4.79 Å². The summed E-state index contributed by atoms with van der Waals surface area (Å²) in [6, 6.07) is 10.6. The Hall–Kier alpha value is -1.52. The van der Waals surface area contributed by atoms with Crippen LogP contribution in [0.5, 0.6) is 11.5 Å². The molecule has 0 fully saturated rings. The van der Waals surface area contributed by atoms with Crippen molar-refractivity contribution in [1.82, 2.24) is 0 Å². The van der Waals surface area contributed by atoms with E-state index < -0.39 is 5.97 Å². The molecule has 0 aromatic heterocycles. The monoisotopic (exact) mass is 368 g/mol. The normalized spacial score (nSPS) is 10.3. The SMILES string of the molecule is Cc1cc(OCC(=O)Oc2ccc(Br)c(C)c2)ccc1Cl. The van der Waals surface area contributed by atoms with E-state index in [0.29, 0.717) is 16.5 Å². The third kappa shape index (κ3) is 4.48. The Kier molecular flexibility index (Phi) is 5.26. The molecular weight excluding hydrogens is 356 g/mol. The first kappa shape index (κ1) is 15.9. The summed E-state index contributed by atoms with van der Waals surface area (Å²) in [5.41, 5.74) is 1.89. The lowest BCUT2D eigenvalue weighted by Gasteiger charge is -2.08. The van der Waals surface area contributed by atoms with Gasteiger partial charge in [0.2, 0.25) is 0 Å². The Morgan fingerprint density at radius 3 is 2.43 bits per heavy atom. The molecule has 0 saturated heterocycles. The van der Waals surface area contributed by atoms with Crippen LogP contribution in [0.3, 0.4) is 0 Å². The van der Waals surface area contributed by atoms with E-state index >= 15 is 0 Å². The van der Waals surface area contributed by atoms with E-state index in [1.54, 1.807) is 30.3 Å². The van der Waals surface area contributed by atoms with Crippen molar-refractivity contribution in [2.45, 2.75) is 13.8 Å². The first-order valence-electron chi connectivity index (χ1n) is 6.31. The zero-order valence-corrected chi connectivity index (χ0v) is 14.0. The minimum absolute atomic E-state index is 0.157. The Labute approximate surface area is 137 Å². The number of rotatable bonds is 4. The number of esters is 1. The fraction of sp³-hybridized carbons (Fsp3) is 0.188. The van der Waals surface area contributed by atoms with Gasteiger partial charge in [0.25, 0.3) is 0 Å². The molecule has 0 amide bonds. The molecule has 0 aliphatic rings. The fourth-order valence-electron chi connectivity index (χ4n) is 1.69. The molecule has 0 saturated carbocycles. The molecule has 0 aliphatic carbocycles. The van der Waals surface area contributed by atoms with Crippen LogP contribution in [0.15, 0.2) is 40.9 Å². The van der Waals surface area contributed by atoms with Crippen LogP contribution < -0.4 is 9.47 Å². The summed E-state index contributed by atoms with van der Waals surface area (Å²) in [7, 11) is 0. The lowest BCUT2D eigenvalue weighted by Crippen LogP contribution is -2.17. The van der Waals surface area contributed by atoms with Crippen LogP contribution in [0.1, 0.15) is 11.1 Å². The Balaban J connectivity index is 1.92. The number of carbonyl (C=O) groups is 1. The van der Waals surface area contributed by atoms with Gasteiger partial charge < -0.3 is 9.47 Å². The molecule has 2 aromatic rings. The average molecular weight is 370 g/mol. The van der Waals surface area contributed by atoms with Gasteiger partial charge >= 0.3 is 5.97 Å². The average Bonchev–Trinajstić information content (AvgIpc) is 2.44. The molecule has 2 aromatic carbocycles. The van der Waals surface area contributed by atoms with Crippen LogP contribution in [0.2, 0.25) is 5.02 Å². The zero-order valence-electron chi connectivity index (χ0n) is 11.7. The maximum Gasteiger partial charge on any atom is 0.349 e. The number of halogens is 2. The van der Waals surface area contributed by atoms with Gasteiger partial charge in [0, 0.05) is 9.50 Å². The lowest BCUT2D eigenvalue weighted by atomic mass is 10.2. The van der Waals surface area contributed by atoms with E-state index in [2.05, 4.69) is 15.9 Å². The highest BCUT2D eigenvalue weighted by Gasteiger charge is 2.08. The van der Waals surface area contributed by atoms with E-state index in [0.717, 1.165) is 15.6 Å². The second kappa shape index (κ2) is 6.96. The largest absolute Gasteiger partial charge is 0.482 e. The predicted octanol–water partition coefficient (Wildman–Crippen LogP) is 4.70. The van der Waals surface area contributed by atoms with Gasteiger partial charge in [-0.25, -0.2) is 4.79 Å². The van der Waals surface area contributed by atoms with Gasteiger partial charge in [-0.1, -0.05) is 27.5 Å². The number of aryl methyl sites for hydroxylation is 2. The highest BCUT2D eigenvalue weighted by molar-refractivity contribution is 9.10. The number of ether oxygens (including phenoxy) is 2. The Morgan fingerprint density at radius 1 is 1.10 bits per heavy atom. The van der Waals surface area contributed by atoms with Crippen molar-refractivity contribution in [2.75, 3.05) is 6.61 Å². The summed E-state index contributed by atoms with van der Waals surface area (Å²) in [5.74, 6) is 0.627. The molecule has 2 rings (SSSR count). The van der Waals surface area contributed by atoms with Crippen LogP contribution in [0, 0.1) is 13.8 Å². The topological polar surface area (TPSA) is 35.5 Å². The first-order chi connectivity index (χ1) is 9.95. The van der Waals surface area contributed by atoms with Crippen LogP contribution >= 0.6 is 27.5 Å². The summed E-state index contributed by atoms with van der Waals surface area (Å²) >= 11 is 9.32. The van der Waals surface area contributed by atoms with Crippen molar-refractivity contribution in [3.05, 3.63) is 57.0 Å². The van der Waals surface area contributed by atoms with Gasteiger partial charge in [0.15, 0.2) is 6.61 Å². The summed E-state index contributed by atoms with van der Waals surface area (Å²) < 4.78 is 11.6. The van der Waals surface area contributed by atoms with Crippen molar-refractivity contribution in [2.24, 2.45) is 0 Å². The third-order valence-corrected chi connectivity index (χ3v) is 4.16. The van der Waals surface area contributed by atoms with E-state index in [9.17, 15) is 4.79 Å². The molecule has 3 nitrogen and oxygen atoms in total. The molecule has 0 spiro atoms. The van der Waals surface area contributed by atoms with Gasteiger partial charge in [-0.15, -0.1) is 0 Å². The van der Waals surface area contributed by atoms with Crippen molar-refractivity contribution in [3.8, 4) is 11.5 Å². The molecule has 0 atom stereocenters. The Morgan fingerprint density at radius 2 is 1.76 bits per heavy atom. The second-order valence-corrected chi connectivity index (χ2v) is 5.85. The molecule has 21 heavy (non-hydrogen) atoms. The van der Waals surface area contributed by atoms with Crippen LogP contribution in [0.4, 0.5) is 0 Å². The fourth-order valence-corrected chi connectivity index (χ4v) is 2.05. The number of hydrogen-bond donors (Lipinski definition) is 0. The molecule has 110 valence electrons. The van der Waals surface area contributed by atoms with E-state index in [4.69, 9.17) is 21.1 Å². The quantitative estimate of drug-likeness (QED) is 0.578. The maximum atomic E-state index is 11.7. The van der Waals surface area contributed by atoms with Crippen molar-refractivity contribution in [1.29, 1.82) is 0 Å². The van der Waals surface area contributed by atoms with Gasteiger partial charge in [-0.2, -0.15) is 0 Å². The number of hydrogen-bond acceptors (Lipinski definition) is 3. The highest BCUT2D eigenvalue weighted by atomic mass is 79.9. The van der Waals surface area contributed by atoms with Gasteiger partial charge in [-0.05, 0) is 61.4 Å². The first-order valence-corrected chi connectivity index (χ1v) is 7.48. The van der Waals surface area contributed by atoms with Gasteiger partial charge in [0.05, 0.1) is 0 Å². The van der Waals surface area contributed by atoms with Crippen LogP contribution in [0.25, 0.3) is 0 Å². The van der Waals surface area contributed by atoms with Crippen molar-refractivity contribution < 1.29 is 14.3 Å². The standard InChI is InChI=1S/C16H14BrClO3/c1-10-7-13(3-5-14(10)17)21-16(19)9-20-12-4-6-15(18)11(2)8-12/h3-8H,9H2,1-2H3. The van der Waals surface area contributed by atoms with E-state index in [1.165, 1.54) is 0 Å². The maximum absolute atomic E-state index is 11.7. The van der Waals surface area contributed by atoms with Gasteiger partial charge in [-0.3, -0.25) is 0 Å².